The van der Waals surface area contributed by atoms with Gasteiger partial charge in [-0.05, 0) is 55.5 Å². The second-order valence-corrected chi connectivity index (χ2v) is 12.1. The highest BCUT2D eigenvalue weighted by atomic mass is 32.1. The first-order valence-corrected chi connectivity index (χ1v) is 16.7. The summed E-state index contributed by atoms with van der Waals surface area (Å²) < 4.78 is 45.1. The summed E-state index contributed by atoms with van der Waals surface area (Å²) in [6.07, 6.45) is 2.79. The summed E-state index contributed by atoms with van der Waals surface area (Å²) in [6.45, 7) is 2.66. The van der Waals surface area contributed by atoms with Crippen molar-refractivity contribution < 1.29 is 42.2 Å². The number of carbonyl (C=O) groups excluding carboxylic acids is 4. The zero-order valence-corrected chi connectivity index (χ0v) is 27.0. The van der Waals surface area contributed by atoms with Gasteiger partial charge in [-0.2, -0.15) is 4.39 Å². The van der Waals surface area contributed by atoms with Gasteiger partial charge in [0.15, 0.2) is 29.9 Å². The zero-order chi connectivity index (χ0) is 33.9. The third kappa shape index (κ3) is 9.47. The van der Waals surface area contributed by atoms with Crippen LogP contribution in [0, 0.1) is 11.6 Å². The first-order valence-electron chi connectivity index (χ1n) is 15.8. The molecule has 2 fully saturated rings. The molecule has 12 nitrogen and oxygen atoms in total. The lowest BCUT2D eigenvalue weighted by molar-refractivity contribution is -0.134. The van der Waals surface area contributed by atoms with Crippen LogP contribution in [0.25, 0.3) is 11.3 Å². The highest BCUT2D eigenvalue weighted by molar-refractivity contribution is 7.14. The summed E-state index contributed by atoms with van der Waals surface area (Å²) in [7, 11) is 0. The summed E-state index contributed by atoms with van der Waals surface area (Å²) in [5.74, 6) is -3.88. The van der Waals surface area contributed by atoms with Crippen LogP contribution >= 0.6 is 11.3 Å². The van der Waals surface area contributed by atoms with Gasteiger partial charge in [0.25, 0.3) is 11.8 Å². The molecule has 2 aromatic carbocycles. The number of aromatic nitrogens is 1. The monoisotopic (exact) mass is 685 g/mol. The third-order valence-corrected chi connectivity index (χ3v) is 8.74. The summed E-state index contributed by atoms with van der Waals surface area (Å²) in [6, 6.07) is 9.26. The van der Waals surface area contributed by atoms with Crippen molar-refractivity contribution in [2.75, 3.05) is 57.5 Å². The maximum Gasteiger partial charge on any atom is 0.257 e. The van der Waals surface area contributed by atoms with E-state index in [1.54, 1.807) is 29.6 Å². The molecule has 3 aromatic rings. The maximum absolute atomic E-state index is 14.7. The number of anilines is 1. The molecule has 5 rings (SSSR count). The number of ether oxygens (including phenoxy) is 3. The number of benzene rings is 2. The molecule has 15 heteroatoms. The van der Waals surface area contributed by atoms with Gasteiger partial charge in [0.05, 0.1) is 24.8 Å². The Labute approximate surface area is 280 Å². The number of rotatable bonds is 15. The molecule has 256 valence electrons. The van der Waals surface area contributed by atoms with Gasteiger partial charge in [-0.15, -0.1) is 11.3 Å². The summed E-state index contributed by atoms with van der Waals surface area (Å²) in [4.78, 5) is 54.5. The smallest absolute Gasteiger partial charge is 0.257 e. The normalized spacial score (nSPS) is 16.3. The lowest BCUT2D eigenvalue weighted by Gasteiger charge is -2.26. The van der Waals surface area contributed by atoms with Gasteiger partial charge in [-0.1, -0.05) is 12.1 Å². The van der Waals surface area contributed by atoms with Gasteiger partial charge < -0.3 is 29.7 Å². The summed E-state index contributed by atoms with van der Waals surface area (Å²) >= 11 is 1.38. The Kier molecular flexibility index (Phi) is 12.3. The number of hydrogen-bond donors (Lipinski definition) is 3. The predicted molar refractivity (Wildman–Crippen MR) is 173 cm³/mol. The molecule has 1 aromatic heterocycles. The van der Waals surface area contributed by atoms with Crippen molar-refractivity contribution in [1.82, 2.24) is 20.9 Å². The molecule has 0 aliphatic carbocycles. The average molecular weight is 686 g/mol. The molecule has 4 amide bonds. The Morgan fingerprint density at radius 3 is 2.33 bits per heavy atom. The van der Waals surface area contributed by atoms with Crippen LogP contribution in [0.15, 0.2) is 41.8 Å². The molecule has 2 aliphatic rings. The molecule has 0 spiro atoms. The van der Waals surface area contributed by atoms with E-state index in [9.17, 15) is 28.0 Å². The van der Waals surface area contributed by atoms with Gasteiger partial charge in [0, 0.05) is 43.5 Å². The van der Waals surface area contributed by atoms with Crippen LogP contribution in [0.3, 0.4) is 0 Å². The number of unbranched alkanes of at least 4 members (excludes halogenated alkanes) is 2. The van der Waals surface area contributed by atoms with Crippen molar-refractivity contribution in [2.45, 2.75) is 38.0 Å². The number of halogens is 2. The fraction of sp³-hybridized carbons (Fsp3) is 0.424. The predicted octanol–water partition coefficient (Wildman–Crippen LogP) is 3.31. The van der Waals surface area contributed by atoms with E-state index in [4.69, 9.17) is 14.2 Å². The second kappa shape index (κ2) is 17.0. The minimum atomic E-state index is -1.18. The number of thiazole rings is 1. The Hall–Kier alpha value is -4.63. The molecule has 48 heavy (non-hydrogen) atoms. The molecular formula is C33H37F2N5O7S. The number of morpholine rings is 1. The minimum Gasteiger partial charge on any atom is -0.484 e. The molecule has 0 bridgehead atoms. The molecule has 1 atom stereocenters. The second-order valence-electron chi connectivity index (χ2n) is 11.3. The number of nitrogens with one attached hydrogen (secondary N) is 3. The van der Waals surface area contributed by atoms with Crippen LogP contribution < -0.4 is 30.3 Å². The van der Waals surface area contributed by atoms with Crippen molar-refractivity contribution in [3.63, 3.8) is 0 Å². The molecule has 0 saturated carbocycles. The molecule has 1 unspecified atom stereocenters. The number of hydrogen-bond acceptors (Lipinski definition) is 10. The topological polar surface area (TPSA) is 148 Å². The number of nitrogens with zero attached hydrogens (tertiary/aromatic N) is 2. The van der Waals surface area contributed by atoms with Crippen LogP contribution in [0.4, 0.5) is 13.9 Å². The van der Waals surface area contributed by atoms with E-state index in [2.05, 4.69) is 25.8 Å². The highest BCUT2D eigenvalue weighted by Gasteiger charge is 2.28. The van der Waals surface area contributed by atoms with E-state index in [0.717, 1.165) is 23.2 Å². The van der Waals surface area contributed by atoms with Gasteiger partial charge >= 0.3 is 0 Å². The van der Waals surface area contributed by atoms with Crippen LogP contribution in [-0.2, 0) is 23.9 Å². The van der Waals surface area contributed by atoms with Gasteiger partial charge in [-0.25, -0.2) is 9.37 Å². The fourth-order valence-electron chi connectivity index (χ4n) is 5.24. The molecular weight excluding hydrogens is 648 g/mol. The van der Waals surface area contributed by atoms with Crippen molar-refractivity contribution in [1.29, 1.82) is 0 Å². The lowest BCUT2D eigenvalue weighted by Crippen LogP contribution is -2.39. The number of amides is 4. The van der Waals surface area contributed by atoms with Crippen LogP contribution in [-0.4, -0.2) is 81.2 Å². The Morgan fingerprint density at radius 2 is 1.65 bits per heavy atom. The fourth-order valence-corrected chi connectivity index (χ4v) is 6.12. The molecule has 2 saturated heterocycles. The first kappa shape index (κ1) is 34.7. The van der Waals surface area contributed by atoms with Crippen molar-refractivity contribution in [2.24, 2.45) is 0 Å². The van der Waals surface area contributed by atoms with Gasteiger partial charge in [-0.3, -0.25) is 24.5 Å². The zero-order valence-electron chi connectivity index (χ0n) is 26.2. The lowest BCUT2D eigenvalue weighted by atomic mass is 9.90. The summed E-state index contributed by atoms with van der Waals surface area (Å²) in [5, 5.41) is 10.3. The van der Waals surface area contributed by atoms with Crippen molar-refractivity contribution >= 4 is 40.1 Å². The van der Waals surface area contributed by atoms with Gasteiger partial charge in [0.1, 0.15) is 5.75 Å². The first-order chi connectivity index (χ1) is 23.3. The van der Waals surface area contributed by atoms with Crippen molar-refractivity contribution in [3.05, 3.63) is 59.0 Å². The van der Waals surface area contributed by atoms with Gasteiger partial charge in [0.2, 0.25) is 17.6 Å². The van der Waals surface area contributed by atoms with E-state index in [1.807, 2.05) is 0 Å². The van der Waals surface area contributed by atoms with Crippen molar-refractivity contribution in [3.8, 4) is 22.8 Å². The largest absolute Gasteiger partial charge is 0.484 e. The Bertz CT molecular complexity index is 1600. The molecule has 0 radical (unpaired) electrons. The molecule has 2 aliphatic heterocycles. The van der Waals surface area contributed by atoms with Crippen LogP contribution in [0.5, 0.6) is 11.5 Å². The van der Waals surface area contributed by atoms with E-state index in [-0.39, 0.29) is 41.6 Å². The maximum atomic E-state index is 14.7. The standard InChI is InChI=1S/C33H37F2N5O7S/c34-25-10-8-24(26-20-48-33(38-26)40-14-16-45-17-15-40)31(30(25)35)47-19-29(43)37-13-3-1-2-12-36-28(42)18-46-22-6-4-21(5-7-22)23-9-11-27(41)39-32(23)44/h4-8,10,20,23H,1-3,9,11-19H2,(H,36,42)(H,37,43)(H,39,41,44). The Morgan fingerprint density at radius 1 is 0.958 bits per heavy atom. The molecule has 3 heterocycles. The highest BCUT2D eigenvalue weighted by Crippen LogP contribution is 2.36. The third-order valence-electron chi connectivity index (χ3n) is 7.84. The van der Waals surface area contributed by atoms with E-state index in [0.29, 0.717) is 76.5 Å². The summed E-state index contributed by atoms with van der Waals surface area (Å²) in [5.41, 5.74) is 1.46. The van der Waals surface area contributed by atoms with E-state index in [1.165, 1.54) is 17.4 Å². The quantitative estimate of drug-likeness (QED) is 0.162. The molecule has 3 N–H and O–H groups in total. The van der Waals surface area contributed by atoms with Crippen LogP contribution in [0.1, 0.15) is 43.6 Å². The van der Waals surface area contributed by atoms with E-state index < -0.39 is 24.1 Å². The van der Waals surface area contributed by atoms with E-state index >= 15 is 0 Å². The SMILES string of the molecule is O=C(COc1ccc(C2CCC(=O)NC2=O)cc1)NCCCCCNC(=O)COc1c(-c2csc(N3CCOCC3)n2)ccc(F)c1F. The Balaban J connectivity index is 0.958. The minimum absolute atomic E-state index is 0.168. The number of piperidine rings is 1. The average Bonchev–Trinajstić information content (AvgIpc) is 3.58. The number of carbonyl (C=O) groups is 4. The number of imide groups is 1. The van der Waals surface area contributed by atoms with Crippen LogP contribution in [0.2, 0.25) is 0 Å².